The van der Waals surface area contributed by atoms with Crippen LogP contribution in [0, 0.1) is 6.92 Å². The van der Waals surface area contributed by atoms with Crippen molar-refractivity contribution in [3.63, 3.8) is 0 Å². The molecule has 3 aromatic carbocycles. The summed E-state index contributed by atoms with van der Waals surface area (Å²) in [6.07, 6.45) is 0. The SMILES string of the molecule is Cc1nc(C(=O)OCc2ccccc2)cc(OCc2ccccc2)c1OCc1ccccc1. The Labute approximate surface area is 193 Å². The third-order valence-corrected chi connectivity index (χ3v) is 4.99. The predicted molar refractivity (Wildman–Crippen MR) is 126 cm³/mol. The molecule has 0 aliphatic carbocycles. The highest BCUT2D eigenvalue weighted by molar-refractivity contribution is 5.88. The van der Waals surface area contributed by atoms with Gasteiger partial charge in [0.25, 0.3) is 0 Å². The Bertz CT molecular complexity index is 1180. The van der Waals surface area contributed by atoms with Crippen LogP contribution in [0.2, 0.25) is 0 Å². The number of hydrogen-bond acceptors (Lipinski definition) is 5. The van der Waals surface area contributed by atoms with Crippen LogP contribution in [0.5, 0.6) is 11.5 Å². The average molecular weight is 440 g/mol. The predicted octanol–water partition coefficient (Wildman–Crippen LogP) is 5.91. The largest absolute Gasteiger partial charge is 0.485 e. The van der Waals surface area contributed by atoms with Crippen LogP contribution in [0.1, 0.15) is 32.9 Å². The molecule has 1 aromatic heterocycles. The number of aromatic nitrogens is 1. The standard InChI is InChI=1S/C28H25NO4/c1-21-27(32-19-23-13-7-3-8-14-23)26(31-18-22-11-5-2-6-12-22)17-25(29-21)28(30)33-20-24-15-9-4-10-16-24/h2-17H,18-20H2,1H3. The molecule has 0 fully saturated rings. The number of nitrogens with zero attached hydrogens (tertiary/aromatic N) is 1. The first kappa shape index (κ1) is 22.1. The Morgan fingerprint density at radius 2 is 1.18 bits per heavy atom. The second kappa shape index (κ2) is 11.0. The van der Waals surface area contributed by atoms with Gasteiger partial charge >= 0.3 is 5.97 Å². The quantitative estimate of drug-likeness (QED) is 0.304. The lowest BCUT2D eigenvalue weighted by molar-refractivity contribution is 0.0464. The summed E-state index contributed by atoms with van der Waals surface area (Å²) in [4.78, 5) is 17.1. The van der Waals surface area contributed by atoms with Crippen molar-refractivity contribution in [2.75, 3.05) is 0 Å². The van der Waals surface area contributed by atoms with Crippen molar-refractivity contribution in [3.8, 4) is 11.5 Å². The Morgan fingerprint density at radius 3 is 1.73 bits per heavy atom. The second-order valence-corrected chi connectivity index (χ2v) is 7.53. The van der Waals surface area contributed by atoms with Gasteiger partial charge in [-0.1, -0.05) is 91.0 Å². The van der Waals surface area contributed by atoms with Crippen LogP contribution < -0.4 is 9.47 Å². The summed E-state index contributed by atoms with van der Waals surface area (Å²) < 4.78 is 17.6. The maximum atomic E-state index is 12.7. The molecule has 166 valence electrons. The molecule has 33 heavy (non-hydrogen) atoms. The maximum absolute atomic E-state index is 12.7. The lowest BCUT2D eigenvalue weighted by Gasteiger charge is -2.16. The van der Waals surface area contributed by atoms with Gasteiger partial charge in [0.05, 0.1) is 5.69 Å². The number of benzene rings is 3. The minimum absolute atomic E-state index is 0.173. The first-order valence-electron chi connectivity index (χ1n) is 10.7. The number of rotatable bonds is 9. The van der Waals surface area contributed by atoms with Crippen LogP contribution in [0.4, 0.5) is 0 Å². The third-order valence-electron chi connectivity index (χ3n) is 4.99. The second-order valence-electron chi connectivity index (χ2n) is 7.53. The Balaban J connectivity index is 1.54. The molecule has 0 saturated carbocycles. The zero-order valence-electron chi connectivity index (χ0n) is 18.4. The minimum atomic E-state index is -0.513. The smallest absolute Gasteiger partial charge is 0.357 e. The normalized spacial score (nSPS) is 10.5. The van der Waals surface area contributed by atoms with Gasteiger partial charge in [-0.2, -0.15) is 0 Å². The summed E-state index contributed by atoms with van der Waals surface area (Å²) in [6.45, 7) is 2.67. The minimum Gasteiger partial charge on any atom is -0.485 e. The van der Waals surface area contributed by atoms with Crippen LogP contribution in [-0.2, 0) is 24.6 Å². The fourth-order valence-corrected chi connectivity index (χ4v) is 3.28. The molecule has 0 saturated heterocycles. The number of ether oxygens (including phenoxy) is 3. The van der Waals surface area contributed by atoms with Crippen LogP contribution in [0.3, 0.4) is 0 Å². The van der Waals surface area contributed by atoms with E-state index in [0.717, 1.165) is 16.7 Å². The van der Waals surface area contributed by atoms with E-state index >= 15 is 0 Å². The topological polar surface area (TPSA) is 57.7 Å². The lowest BCUT2D eigenvalue weighted by Crippen LogP contribution is -2.11. The van der Waals surface area contributed by atoms with E-state index in [1.165, 1.54) is 0 Å². The van der Waals surface area contributed by atoms with Crippen LogP contribution in [-0.4, -0.2) is 11.0 Å². The van der Waals surface area contributed by atoms with Gasteiger partial charge in [0, 0.05) is 6.07 Å². The molecule has 0 bridgehead atoms. The first-order valence-corrected chi connectivity index (χ1v) is 10.7. The number of pyridine rings is 1. The van der Waals surface area contributed by atoms with E-state index < -0.39 is 5.97 Å². The molecule has 0 unspecified atom stereocenters. The van der Waals surface area contributed by atoms with Gasteiger partial charge < -0.3 is 14.2 Å². The van der Waals surface area contributed by atoms with E-state index in [2.05, 4.69) is 4.98 Å². The number of aryl methyl sites for hydroxylation is 1. The van der Waals surface area contributed by atoms with Crippen molar-refractivity contribution in [1.29, 1.82) is 0 Å². The molecule has 0 N–H and O–H groups in total. The summed E-state index contributed by atoms with van der Waals surface area (Å²) in [5, 5.41) is 0. The highest BCUT2D eigenvalue weighted by Crippen LogP contribution is 2.32. The molecule has 5 nitrogen and oxygen atoms in total. The van der Waals surface area contributed by atoms with Crippen molar-refractivity contribution in [3.05, 3.63) is 125 Å². The number of carbonyl (C=O) groups is 1. The zero-order chi connectivity index (χ0) is 22.9. The van der Waals surface area contributed by atoms with Crippen molar-refractivity contribution in [2.24, 2.45) is 0 Å². The Morgan fingerprint density at radius 1 is 0.697 bits per heavy atom. The third kappa shape index (κ3) is 6.20. The molecule has 4 aromatic rings. The molecule has 0 aliphatic rings. The fourth-order valence-electron chi connectivity index (χ4n) is 3.28. The zero-order valence-corrected chi connectivity index (χ0v) is 18.4. The molecule has 0 spiro atoms. The average Bonchev–Trinajstić information content (AvgIpc) is 2.87. The van der Waals surface area contributed by atoms with Crippen molar-refractivity contribution in [2.45, 2.75) is 26.7 Å². The van der Waals surface area contributed by atoms with E-state index in [4.69, 9.17) is 14.2 Å². The van der Waals surface area contributed by atoms with Gasteiger partial charge in [-0.3, -0.25) is 0 Å². The van der Waals surface area contributed by atoms with Gasteiger partial charge in [-0.15, -0.1) is 0 Å². The molecule has 5 heteroatoms. The molecule has 4 rings (SSSR count). The summed E-state index contributed by atoms with van der Waals surface area (Å²) in [6, 6.07) is 30.8. The summed E-state index contributed by atoms with van der Waals surface area (Å²) >= 11 is 0. The Hall–Kier alpha value is -4.12. The van der Waals surface area contributed by atoms with E-state index in [0.29, 0.717) is 30.4 Å². The van der Waals surface area contributed by atoms with Crippen LogP contribution in [0.15, 0.2) is 97.1 Å². The number of carbonyl (C=O) groups excluding carboxylic acids is 1. The first-order chi connectivity index (χ1) is 16.2. The molecule has 0 amide bonds. The lowest BCUT2D eigenvalue weighted by atomic mass is 10.2. The van der Waals surface area contributed by atoms with E-state index in [1.54, 1.807) is 13.0 Å². The maximum Gasteiger partial charge on any atom is 0.357 e. The summed E-state index contributed by atoms with van der Waals surface area (Å²) in [7, 11) is 0. The van der Waals surface area contributed by atoms with Crippen molar-refractivity contribution in [1.82, 2.24) is 4.98 Å². The molecule has 1 heterocycles. The summed E-state index contributed by atoms with van der Waals surface area (Å²) in [5.74, 6) is 0.449. The van der Waals surface area contributed by atoms with Gasteiger partial charge in [0.2, 0.25) is 0 Å². The van der Waals surface area contributed by atoms with Gasteiger partial charge in [0.1, 0.15) is 19.8 Å². The fraction of sp³-hybridized carbons (Fsp3) is 0.143. The van der Waals surface area contributed by atoms with Crippen molar-refractivity contribution >= 4 is 5.97 Å². The molecular weight excluding hydrogens is 414 g/mol. The highest BCUT2D eigenvalue weighted by atomic mass is 16.5. The number of hydrogen-bond donors (Lipinski definition) is 0. The molecule has 0 radical (unpaired) electrons. The van der Waals surface area contributed by atoms with Crippen LogP contribution >= 0.6 is 0 Å². The Kier molecular flexibility index (Phi) is 7.33. The van der Waals surface area contributed by atoms with Gasteiger partial charge in [-0.05, 0) is 23.6 Å². The molecule has 0 atom stereocenters. The van der Waals surface area contributed by atoms with Gasteiger partial charge in [0.15, 0.2) is 17.2 Å². The highest BCUT2D eigenvalue weighted by Gasteiger charge is 2.18. The summed E-state index contributed by atoms with van der Waals surface area (Å²) in [5.41, 5.74) is 3.68. The molecular formula is C28H25NO4. The number of esters is 1. The monoisotopic (exact) mass is 439 g/mol. The molecule has 0 aliphatic heterocycles. The van der Waals surface area contributed by atoms with E-state index in [-0.39, 0.29) is 12.3 Å². The van der Waals surface area contributed by atoms with Crippen LogP contribution in [0.25, 0.3) is 0 Å². The van der Waals surface area contributed by atoms with Gasteiger partial charge in [-0.25, -0.2) is 9.78 Å². The van der Waals surface area contributed by atoms with E-state index in [9.17, 15) is 4.79 Å². The van der Waals surface area contributed by atoms with Crippen molar-refractivity contribution < 1.29 is 19.0 Å². The van der Waals surface area contributed by atoms with E-state index in [1.807, 2.05) is 91.0 Å².